The van der Waals surface area contributed by atoms with Crippen molar-refractivity contribution in [2.75, 3.05) is 175 Å². The summed E-state index contributed by atoms with van der Waals surface area (Å²) in [5.41, 5.74) is 10.3. The van der Waals surface area contributed by atoms with E-state index in [4.69, 9.17) is 32.7 Å². The Balaban J connectivity index is 0.000000123. The van der Waals surface area contributed by atoms with Crippen molar-refractivity contribution in [1.82, 2.24) is 39.5 Å². The summed E-state index contributed by atoms with van der Waals surface area (Å²) in [6.45, 7) is 23.7. The Bertz CT molecular complexity index is 4000. The number of ether oxygens (including phenoxy) is 2. The van der Waals surface area contributed by atoms with Gasteiger partial charge in [-0.1, -0.05) is 96.0 Å². The standard InChI is InChI=1S/C21H24BrN3O.C21H24BrN3S.C21H24ClN3O.C21H24ClN3S/c4*22-18-5-1-2-8-21(18)26-16-4-11-24-12-14-25(15-13-24)20-7-3-6-19-17(20)9-10-23-19/h4*1-3,5-10,23H,4,11-16H2. The van der Waals surface area contributed by atoms with E-state index in [0.29, 0.717) is 11.6 Å². The monoisotopic (exact) mass is 1600 g/mol. The molecular formula is C84H96Br2Cl2N12O2S2. The highest BCUT2D eigenvalue weighted by molar-refractivity contribution is 9.10. The second-order valence-corrected chi connectivity index (χ2v) is 31.5. The number of halogens is 4. The molecule has 544 valence electrons. The largest absolute Gasteiger partial charge is 0.492 e. The van der Waals surface area contributed by atoms with E-state index in [1.54, 1.807) is 0 Å². The number of aromatic nitrogens is 4. The van der Waals surface area contributed by atoms with Crippen molar-refractivity contribution in [3.05, 3.63) is 238 Å². The van der Waals surface area contributed by atoms with Crippen molar-refractivity contribution in [3.63, 3.8) is 0 Å². The first kappa shape index (κ1) is 75.0. The van der Waals surface area contributed by atoms with Gasteiger partial charge >= 0.3 is 0 Å². The molecule has 12 aromatic rings. The number of hydrogen-bond acceptors (Lipinski definition) is 12. The lowest BCUT2D eigenvalue weighted by Crippen LogP contribution is -2.46. The number of anilines is 4. The summed E-state index contributed by atoms with van der Waals surface area (Å²) in [6, 6.07) is 67.1. The van der Waals surface area contributed by atoms with Gasteiger partial charge in [-0.15, -0.1) is 23.5 Å². The highest BCUT2D eigenvalue weighted by Gasteiger charge is 2.23. The molecule has 0 aliphatic carbocycles. The molecule has 4 aliphatic rings. The van der Waals surface area contributed by atoms with Crippen molar-refractivity contribution < 1.29 is 9.47 Å². The lowest BCUT2D eigenvalue weighted by Gasteiger charge is -2.36. The number of piperazine rings is 4. The van der Waals surface area contributed by atoms with Crippen LogP contribution in [-0.2, 0) is 0 Å². The summed E-state index contributed by atoms with van der Waals surface area (Å²) in [6.07, 6.45) is 12.6. The lowest BCUT2D eigenvalue weighted by atomic mass is 10.1. The number of H-pyrrole nitrogens is 4. The van der Waals surface area contributed by atoms with E-state index in [-0.39, 0.29) is 0 Å². The van der Waals surface area contributed by atoms with Crippen LogP contribution >= 0.6 is 78.6 Å². The van der Waals surface area contributed by atoms with Gasteiger partial charge in [0.1, 0.15) is 11.5 Å². The van der Waals surface area contributed by atoms with Crippen LogP contribution in [0.4, 0.5) is 22.7 Å². The van der Waals surface area contributed by atoms with Crippen molar-refractivity contribution in [3.8, 4) is 11.5 Å². The molecule has 0 radical (unpaired) electrons. The highest BCUT2D eigenvalue weighted by atomic mass is 79.9. The van der Waals surface area contributed by atoms with Gasteiger partial charge in [0.2, 0.25) is 0 Å². The Morgan fingerprint density at radius 3 is 1.00 bits per heavy atom. The number of nitrogens with one attached hydrogen (secondary N) is 4. The molecule has 0 amide bonds. The third-order valence-corrected chi connectivity index (χ3v) is 24.7. The number of thioether (sulfide) groups is 2. The average Bonchev–Trinajstić information content (AvgIpc) is 1.61. The average molecular weight is 1600 g/mol. The van der Waals surface area contributed by atoms with Crippen LogP contribution in [0, 0.1) is 0 Å². The maximum atomic E-state index is 6.22. The van der Waals surface area contributed by atoms with Gasteiger partial charge in [0.15, 0.2) is 0 Å². The molecule has 8 heterocycles. The fourth-order valence-corrected chi connectivity index (χ4v) is 17.6. The molecule has 104 heavy (non-hydrogen) atoms. The highest BCUT2D eigenvalue weighted by Crippen LogP contribution is 2.34. The van der Waals surface area contributed by atoms with Gasteiger partial charge in [-0.3, -0.25) is 19.6 Å². The molecule has 8 aromatic carbocycles. The summed E-state index contributed by atoms with van der Waals surface area (Å²) in [5, 5.41) is 6.85. The van der Waals surface area contributed by atoms with Crippen LogP contribution in [0.15, 0.2) is 238 Å². The van der Waals surface area contributed by atoms with Gasteiger partial charge in [-0.2, -0.15) is 0 Å². The summed E-state index contributed by atoms with van der Waals surface area (Å²) in [4.78, 5) is 36.1. The first-order valence-corrected chi connectivity index (χ1v) is 41.2. The Labute approximate surface area is 649 Å². The van der Waals surface area contributed by atoms with Crippen molar-refractivity contribution in [1.29, 1.82) is 0 Å². The second kappa shape index (κ2) is 38.9. The number of nitrogens with zero attached hydrogens (tertiary/aromatic N) is 8. The van der Waals surface area contributed by atoms with Crippen LogP contribution in [0.2, 0.25) is 10.0 Å². The molecule has 16 rings (SSSR count). The maximum Gasteiger partial charge on any atom is 0.137 e. The molecule has 4 fully saturated rings. The van der Waals surface area contributed by atoms with Crippen LogP contribution < -0.4 is 29.1 Å². The zero-order chi connectivity index (χ0) is 71.1. The first-order valence-electron chi connectivity index (χ1n) is 36.9. The molecule has 0 atom stereocenters. The normalized spacial score (nSPS) is 15.6. The molecule has 0 spiro atoms. The van der Waals surface area contributed by atoms with E-state index in [2.05, 4.69) is 224 Å². The Hall–Kier alpha value is -7.20. The second-order valence-electron chi connectivity index (χ2n) is 26.7. The van der Waals surface area contributed by atoms with Crippen LogP contribution in [-0.4, -0.2) is 195 Å². The van der Waals surface area contributed by atoms with E-state index < -0.39 is 0 Å². The van der Waals surface area contributed by atoms with Gasteiger partial charge in [-0.05, 0) is 203 Å². The van der Waals surface area contributed by atoms with E-state index >= 15 is 0 Å². The van der Waals surface area contributed by atoms with Crippen LogP contribution in [0.1, 0.15) is 25.7 Å². The minimum atomic E-state index is 0.681. The van der Waals surface area contributed by atoms with Crippen LogP contribution in [0.25, 0.3) is 43.6 Å². The molecular weight excluding hydrogens is 1500 g/mol. The third-order valence-electron chi connectivity index (χ3n) is 20.0. The molecule has 0 saturated carbocycles. The predicted molar refractivity (Wildman–Crippen MR) is 450 cm³/mol. The molecule has 4 aliphatic heterocycles. The number of aromatic amines is 4. The minimum Gasteiger partial charge on any atom is -0.492 e. The van der Waals surface area contributed by atoms with Gasteiger partial charge in [0.05, 0.1) is 27.7 Å². The van der Waals surface area contributed by atoms with Crippen LogP contribution in [0.5, 0.6) is 11.5 Å². The summed E-state index contributed by atoms with van der Waals surface area (Å²) in [7, 11) is 0. The zero-order valence-electron chi connectivity index (χ0n) is 59.3. The van der Waals surface area contributed by atoms with E-state index in [9.17, 15) is 0 Å². The Morgan fingerprint density at radius 1 is 0.308 bits per heavy atom. The zero-order valence-corrected chi connectivity index (χ0v) is 65.6. The van der Waals surface area contributed by atoms with Crippen molar-refractivity contribution >= 4 is 145 Å². The SMILES string of the molecule is Brc1ccccc1OCCCN1CCN(c2cccc3[nH]ccc23)CC1.Brc1ccccc1SCCCN1CCN(c2cccc3[nH]ccc23)CC1.Clc1ccccc1OCCCN1CCN(c2cccc3[nH]ccc23)CC1.Clc1ccccc1SCCCN1CCN(c2cccc3[nH]ccc23)CC1. The fourth-order valence-electron chi connectivity index (χ4n) is 14.4. The van der Waals surface area contributed by atoms with Gasteiger partial charge in [0, 0.05) is 223 Å². The third kappa shape index (κ3) is 20.7. The molecule has 4 N–H and O–H groups in total. The molecule has 20 heteroatoms. The molecule has 0 unspecified atom stereocenters. The Kier molecular flexibility index (Phi) is 28.1. The molecule has 14 nitrogen and oxygen atoms in total. The van der Waals surface area contributed by atoms with Crippen molar-refractivity contribution in [2.45, 2.75) is 35.5 Å². The van der Waals surface area contributed by atoms with Gasteiger partial charge < -0.3 is 49.0 Å². The van der Waals surface area contributed by atoms with Crippen LogP contribution in [0.3, 0.4) is 0 Å². The summed E-state index contributed by atoms with van der Waals surface area (Å²) in [5.74, 6) is 3.99. The fraction of sp³-hybridized carbons (Fsp3) is 0.333. The Morgan fingerprint density at radius 2 is 0.625 bits per heavy atom. The smallest absolute Gasteiger partial charge is 0.137 e. The molecule has 4 aromatic heterocycles. The van der Waals surface area contributed by atoms with Gasteiger partial charge in [-0.25, -0.2) is 0 Å². The first-order chi connectivity index (χ1) is 51.2. The van der Waals surface area contributed by atoms with Crippen molar-refractivity contribution in [2.24, 2.45) is 0 Å². The molecule has 0 bridgehead atoms. The molecule has 4 saturated heterocycles. The maximum absolute atomic E-state index is 6.22. The summed E-state index contributed by atoms with van der Waals surface area (Å²) >= 11 is 23.3. The number of hydrogen-bond donors (Lipinski definition) is 4. The topological polar surface area (TPSA) is 108 Å². The number of fused-ring (bicyclic) bond motifs is 4. The van der Waals surface area contributed by atoms with E-state index in [1.807, 2.05) is 109 Å². The lowest BCUT2D eigenvalue weighted by molar-refractivity contribution is 0.224. The van der Waals surface area contributed by atoms with E-state index in [0.717, 1.165) is 164 Å². The number of rotatable bonds is 24. The quantitative estimate of drug-likeness (QED) is 0.0342. The summed E-state index contributed by atoms with van der Waals surface area (Å²) < 4.78 is 13.9. The number of para-hydroxylation sites is 2. The predicted octanol–water partition coefficient (Wildman–Crippen LogP) is 19.3. The minimum absolute atomic E-state index is 0.681. The van der Waals surface area contributed by atoms with Gasteiger partial charge in [0.25, 0.3) is 0 Å². The number of benzene rings is 8. The van der Waals surface area contributed by atoms with E-state index in [1.165, 1.54) is 112 Å².